The number of rotatable bonds is 5. The van der Waals surface area contributed by atoms with E-state index in [1.165, 1.54) is 54.9 Å². The number of nitrogens with zero attached hydrogens (tertiary/aromatic N) is 2. The molecule has 0 saturated carbocycles. The summed E-state index contributed by atoms with van der Waals surface area (Å²) in [7, 11) is 0. The number of benzene rings is 2. The summed E-state index contributed by atoms with van der Waals surface area (Å²) in [5.41, 5.74) is 2.02. The first-order chi connectivity index (χ1) is 14.2. The summed E-state index contributed by atoms with van der Waals surface area (Å²) in [6.45, 7) is 0. The average molecular weight is 416 g/mol. The molecule has 0 atom stereocenters. The van der Waals surface area contributed by atoms with Gasteiger partial charge in [0, 0.05) is 11.9 Å². The molecule has 1 amide bonds. The van der Waals surface area contributed by atoms with E-state index in [0.29, 0.717) is 5.56 Å². The lowest BCUT2D eigenvalue weighted by molar-refractivity contribution is -0.137. The smallest absolute Gasteiger partial charge is 0.416 e. The van der Waals surface area contributed by atoms with Gasteiger partial charge in [-0.2, -0.15) is 18.3 Å². The van der Waals surface area contributed by atoms with E-state index in [-0.39, 0.29) is 28.6 Å². The van der Waals surface area contributed by atoms with Gasteiger partial charge in [-0.25, -0.2) is 10.4 Å². The molecule has 10 heteroatoms. The zero-order valence-corrected chi connectivity index (χ0v) is 15.2. The highest BCUT2D eigenvalue weighted by Crippen LogP contribution is 2.31. The quantitative estimate of drug-likeness (QED) is 0.286. The van der Waals surface area contributed by atoms with Gasteiger partial charge in [-0.15, -0.1) is 0 Å². The molecule has 0 spiro atoms. The molecule has 4 N–H and O–H groups in total. The second kappa shape index (κ2) is 8.52. The molecule has 0 unspecified atom stereocenters. The van der Waals surface area contributed by atoms with E-state index in [1.54, 1.807) is 0 Å². The molecule has 3 aromatic rings. The number of carbonyl (C=O) groups is 1. The summed E-state index contributed by atoms with van der Waals surface area (Å²) in [4.78, 5) is 16.4. The van der Waals surface area contributed by atoms with Crippen molar-refractivity contribution in [3.8, 4) is 11.5 Å². The SMILES string of the molecule is O=C(N/N=C/c1ccc(O)c(O)c1)c1cccnc1Nc1cccc(C(F)(F)F)c1. The number of amides is 1. The highest BCUT2D eigenvalue weighted by molar-refractivity contribution is 5.99. The monoisotopic (exact) mass is 416 g/mol. The predicted octanol–water partition coefficient (Wildman–Crippen LogP) is 4.02. The van der Waals surface area contributed by atoms with Crippen LogP contribution in [0.4, 0.5) is 24.7 Å². The van der Waals surface area contributed by atoms with Crippen molar-refractivity contribution in [3.05, 3.63) is 77.5 Å². The fourth-order valence-corrected chi connectivity index (χ4v) is 2.44. The first-order valence-corrected chi connectivity index (χ1v) is 8.49. The van der Waals surface area contributed by atoms with Crippen molar-refractivity contribution in [1.29, 1.82) is 0 Å². The topological polar surface area (TPSA) is 107 Å². The normalized spacial score (nSPS) is 11.4. The number of aromatic hydroxyl groups is 2. The number of hydrogen-bond donors (Lipinski definition) is 4. The van der Waals surface area contributed by atoms with Crippen LogP contribution in [0.3, 0.4) is 0 Å². The number of alkyl halides is 3. The van der Waals surface area contributed by atoms with E-state index in [2.05, 4.69) is 20.8 Å². The van der Waals surface area contributed by atoms with Crippen molar-refractivity contribution in [2.75, 3.05) is 5.32 Å². The summed E-state index contributed by atoms with van der Waals surface area (Å²) in [6.07, 6.45) is -1.87. The third kappa shape index (κ3) is 5.04. The Morgan fingerprint density at radius 2 is 1.83 bits per heavy atom. The fraction of sp³-hybridized carbons (Fsp3) is 0.0500. The number of hydrogen-bond acceptors (Lipinski definition) is 6. The Balaban J connectivity index is 1.75. The van der Waals surface area contributed by atoms with Crippen LogP contribution in [0.1, 0.15) is 21.5 Å². The molecular formula is C20H15F3N4O3. The van der Waals surface area contributed by atoms with E-state index in [4.69, 9.17) is 0 Å². The molecule has 1 heterocycles. The second-order valence-electron chi connectivity index (χ2n) is 6.05. The summed E-state index contributed by atoms with van der Waals surface area (Å²) in [5, 5.41) is 25.2. The van der Waals surface area contributed by atoms with Gasteiger partial charge in [0.1, 0.15) is 5.82 Å². The molecule has 154 valence electrons. The van der Waals surface area contributed by atoms with Crippen molar-refractivity contribution in [2.24, 2.45) is 5.10 Å². The van der Waals surface area contributed by atoms with Crippen molar-refractivity contribution < 1.29 is 28.2 Å². The van der Waals surface area contributed by atoms with Crippen molar-refractivity contribution in [3.63, 3.8) is 0 Å². The van der Waals surface area contributed by atoms with Gasteiger partial charge in [-0.3, -0.25) is 4.79 Å². The number of anilines is 2. The maximum Gasteiger partial charge on any atom is 0.416 e. The molecule has 0 bridgehead atoms. The van der Waals surface area contributed by atoms with Gasteiger partial charge in [0.15, 0.2) is 11.5 Å². The summed E-state index contributed by atoms with van der Waals surface area (Å²) < 4.78 is 38.7. The van der Waals surface area contributed by atoms with Crippen LogP contribution in [0.5, 0.6) is 11.5 Å². The molecule has 0 aliphatic heterocycles. The molecule has 30 heavy (non-hydrogen) atoms. The minimum absolute atomic E-state index is 0.0480. The zero-order chi connectivity index (χ0) is 21.7. The number of aromatic nitrogens is 1. The Morgan fingerprint density at radius 3 is 2.57 bits per heavy atom. The van der Waals surface area contributed by atoms with E-state index < -0.39 is 17.6 Å². The lowest BCUT2D eigenvalue weighted by Crippen LogP contribution is -2.19. The maximum atomic E-state index is 12.9. The van der Waals surface area contributed by atoms with E-state index in [0.717, 1.165) is 12.1 Å². The molecule has 3 rings (SSSR count). The molecule has 0 aliphatic rings. The Morgan fingerprint density at radius 1 is 1.03 bits per heavy atom. The van der Waals surface area contributed by atoms with Gasteiger partial charge in [0.25, 0.3) is 5.91 Å². The fourth-order valence-electron chi connectivity index (χ4n) is 2.44. The third-order valence-electron chi connectivity index (χ3n) is 3.88. The van der Waals surface area contributed by atoms with Crippen LogP contribution in [0.15, 0.2) is 65.9 Å². The number of nitrogens with one attached hydrogen (secondary N) is 2. The predicted molar refractivity (Wildman–Crippen MR) is 104 cm³/mol. The van der Waals surface area contributed by atoms with Gasteiger partial charge in [0.05, 0.1) is 17.3 Å². The van der Waals surface area contributed by atoms with Gasteiger partial charge < -0.3 is 15.5 Å². The van der Waals surface area contributed by atoms with Crippen LogP contribution in [0.25, 0.3) is 0 Å². The maximum absolute atomic E-state index is 12.9. The molecule has 7 nitrogen and oxygen atoms in total. The van der Waals surface area contributed by atoms with Crippen molar-refractivity contribution in [2.45, 2.75) is 6.18 Å². The molecule has 0 aliphatic carbocycles. The van der Waals surface area contributed by atoms with Crippen LogP contribution in [0.2, 0.25) is 0 Å². The Labute approximate surface area is 168 Å². The molecule has 1 aromatic heterocycles. The van der Waals surface area contributed by atoms with E-state index in [9.17, 15) is 28.2 Å². The molecular weight excluding hydrogens is 401 g/mol. The standard InChI is InChI=1S/C20H15F3N4O3/c21-20(22,23)13-3-1-4-14(10-13)26-18-15(5-2-8-24-18)19(30)27-25-11-12-6-7-16(28)17(29)9-12/h1-11,28-29H,(H,24,26)(H,27,30)/b25-11+. The molecule has 2 aromatic carbocycles. The number of phenolic OH excluding ortho intramolecular Hbond substituents is 2. The van der Waals surface area contributed by atoms with Crippen molar-refractivity contribution in [1.82, 2.24) is 10.4 Å². The third-order valence-corrected chi connectivity index (χ3v) is 3.88. The van der Waals surface area contributed by atoms with E-state index in [1.807, 2.05) is 0 Å². The highest BCUT2D eigenvalue weighted by Gasteiger charge is 2.30. The minimum Gasteiger partial charge on any atom is -0.504 e. The van der Waals surface area contributed by atoms with Crippen LogP contribution < -0.4 is 10.7 Å². The number of halogens is 3. The van der Waals surface area contributed by atoms with Gasteiger partial charge >= 0.3 is 6.18 Å². The molecule has 0 radical (unpaired) electrons. The highest BCUT2D eigenvalue weighted by atomic mass is 19.4. The average Bonchev–Trinajstić information content (AvgIpc) is 2.70. The van der Waals surface area contributed by atoms with Crippen LogP contribution in [0, 0.1) is 0 Å². The van der Waals surface area contributed by atoms with E-state index >= 15 is 0 Å². The van der Waals surface area contributed by atoms with Gasteiger partial charge in [0.2, 0.25) is 0 Å². The Hall–Kier alpha value is -4.08. The minimum atomic E-state index is -4.50. The second-order valence-corrected chi connectivity index (χ2v) is 6.05. The lowest BCUT2D eigenvalue weighted by Gasteiger charge is -2.12. The number of phenols is 2. The Kier molecular flexibility index (Phi) is 5.86. The summed E-state index contributed by atoms with van der Waals surface area (Å²) in [5.74, 6) is -1.24. The molecule has 0 saturated heterocycles. The molecule has 0 fully saturated rings. The van der Waals surface area contributed by atoms with Gasteiger partial charge in [-0.05, 0) is 54.1 Å². The number of carbonyl (C=O) groups excluding carboxylic acids is 1. The van der Waals surface area contributed by atoms with Crippen LogP contribution >= 0.6 is 0 Å². The first-order valence-electron chi connectivity index (χ1n) is 8.49. The zero-order valence-electron chi connectivity index (χ0n) is 15.2. The number of hydrazone groups is 1. The summed E-state index contributed by atoms with van der Waals surface area (Å²) >= 11 is 0. The lowest BCUT2D eigenvalue weighted by atomic mass is 10.2. The Bertz CT molecular complexity index is 1100. The van der Waals surface area contributed by atoms with Crippen molar-refractivity contribution >= 4 is 23.6 Å². The van der Waals surface area contributed by atoms with Gasteiger partial charge in [-0.1, -0.05) is 6.07 Å². The summed E-state index contributed by atoms with van der Waals surface area (Å²) in [6, 6.07) is 11.4. The largest absolute Gasteiger partial charge is 0.504 e. The number of pyridine rings is 1. The first kappa shape index (κ1) is 20.6. The van der Waals surface area contributed by atoms with Crippen LogP contribution in [-0.2, 0) is 6.18 Å². The van der Waals surface area contributed by atoms with Crippen LogP contribution in [-0.4, -0.2) is 27.3 Å².